The first-order chi connectivity index (χ1) is 8.43. The summed E-state index contributed by atoms with van der Waals surface area (Å²) in [7, 11) is 0. The second-order valence-corrected chi connectivity index (χ2v) is 5.63. The van der Waals surface area contributed by atoms with Crippen LogP contribution in [-0.2, 0) is 11.2 Å². The average molecular weight is 248 g/mol. The lowest BCUT2D eigenvalue weighted by atomic mass is 9.74. The van der Waals surface area contributed by atoms with Crippen LogP contribution in [0, 0.1) is 11.3 Å². The van der Waals surface area contributed by atoms with Crippen LogP contribution in [0.5, 0.6) is 5.75 Å². The fourth-order valence-corrected chi connectivity index (χ4v) is 2.41. The van der Waals surface area contributed by atoms with E-state index in [4.69, 9.17) is 4.74 Å². The maximum atomic E-state index is 11.5. The maximum absolute atomic E-state index is 11.5. The van der Waals surface area contributed by atoms with Crippen molar-refractivity contribution >= 4 is 5.97 Å². The molecule has 0 saturated heterocycles. The summed E-state index contributed by atoms with van der Waals surface area (Å²) in [5.74, 6) is 0.248. The smallest absolute Gasteiger partial charge is 0.309 e. The molecule has 18 heavy (non-hydrogen) atoms. The van der Waals surface area contributed by atoms with Crippen LogP contribution in [0.3, 0.4) is 0 Å². The van der Waals surface area contributed by atoms with Gasteiger partial charge in [-0.1, -0.05) is 32.0 Å². The van der Waals surface area contributed by atoms with Gasteiger partial charge in [-0.2, -0.15) is 0 Å². The van der Waals surface area contributed by atoms with Crippen LogP contribution in [-0.4, -0.2) is 17.2 Å². The van der Waals surface area contributed by atoms with E-state index in [2.05, 4.69) is 0 Å². The Labute approximate surface area is 108 Å². The number of benzene rings is 1. The zero-order chi connectivity index (χ0) is 13.3. The molecule has 1 aliphatic rings. The monoisotopic (exact) mass is 248 g/mol. The Kier molecular flexibility index (Phi) is 3.33. The summed E-state index contributed by atoms with van der Waals surface area (Å²) in [6, 6.07) is 7.93. The van der Waals surface area contributed by atoms with Crippen molar-refractivity contribution in [2.45, 2.75) is 39.7 Å². The lowest BCUT2D eigenvalue weighted by molar-refractivity contribution is -0.152. The Morgan fingerprint density at radius 3 is 2.72 bits per heavy atom. The molecule has 2 atom stereocenters. The van der Waals surface area contributed by atoms with Crippen LogP contribution in [0.15, 0.2) is 24.3 Å². The third kappa shape index (κ3) is 2.22. The van der Waals surface area contributed by atoms with Gasteiger partial charge in [-0.3, -0.25) is 4.79 Å². The zero-order valence-electron chi connectivity index (χ0n) is 11.1. The quantitative estimate of drug-likeness (QED) is 0.890. The molecule has 0 saturated carbocycles. The Balaban J connectivity index is 2.11. The van der Waals surface area contributed by atoms with E-state index in [1.54, 1.807) is 0 Å². The van der Waals surface area contributed by atoms with E-state index < -0.39 is 11.4 Å². The van der Waals surface area contributed by atoms with E-state index in [1.165, 1.54) is 5.56 Å². The maximum Gasteiger partial charge on any atom is 0.309 e. The summed E-state index contributed by atoms with van der Waals surface area (Å²) >= 11 is 0. The highest BCUT2D eigenvalue weighted by molar-refractivity contribution is 5.74. The molecule has 0 amide bonds. The van der Waals surface area contributed by atoms with Gasteiger partial charge >= 0.3 is 5.97 Å². The highest BCUT2D eigenvalue weighted by Crippen LogP contribution is 2.38. The molecule has 98 valence electrons. The lowest BCUT2D eigenvalue weighted by Crippen LogP contribution is -2.37. The van der Waals surface area contributed by atoms with E-state index in [0.29, 0.717) is 6.42 Å². The van der Waals surface area contributed by atoms with Gasteiger partial charge in [-0.25, -0.2) is 0 Å². The molecule has 1 heterocycles. The summed E-state index contributed by atoms with van der Waals surface area (Å²) in [6.07, 6.45) is 1.34. The second-order valence-electron chi connectivity index (χ2n) is 5.63. The number of para-hydroxylation sites is 1. The van der Waals surface area contributed by atoms with E-state index >= 15 is 0 Å². The molecule has 0 radical (unpaired) electrons. The van der Waals surface area contributed by atoms with Crippen molar-refractivity contribution in [2.75, 3.05) is 0 Å². The summed E-state index contributed by atoms with van der Waals surface area (Å²) in [5.41, 5.74) is 0.450. The van der Waals surface area contributed by atoms with Gasteiger partial charge in [0.1, 0.15) is 11.9 Å². The molecule has 3 heteroatoms. The van der Waals surface area contributed by atoms with Gasteiger partial charge in [0.05, 0.1) is 5.41 Å². The van der Waals surface area contributed by atoms with Crippen LogP contribution in [0.2, 0.25) is 0 Å². The molecule has 1 N–H and O–H groups in total. The van der Waals surface area contributed by atoms with Gasteiger partial charge < -0.3 is 9.84 Å². The van der Waals surface area contributed by atoms with Crippen molar-refractivity contribution in [2.24, 2.45) is 11.3 Å². The van der Waals surface area contributed by atoms with Crippen LogP contribution in [0.25, 0.3) is 0 Å². The number of aliphatic carboxylic acids is 1. The minimum Gasteiger partial charge on any atom is -0.490 e. The first kappa shape index (κ1) is 12.9. The van der Waals surface area contributed by atoms with Crippen LogP contribution in [0.1, 0.15) is 32.8 Å². The molecule has 2 unspecified atom stereocenters. The number of fused-ring (bicyclic) bond motifs is 1. The number of rotatable bonds is 4. The standard InChI is InChI=1S/C15H20O3/c1-10(2)15(3,14(16)17)9-12-8-11-6-4-5-7-13(11)18-12/h4-7,10,12H,8-9H2,1-3H3,(H,16,17). The molecule has 1 aromatic rings. The molecule has 1 aliphatic heterocycles. The lowest BCUT2D eigenvalue weighted by Gasteiger charge is -2.31. The zero-order valence-corrected chi connectivity index (χ0v) is 11.1. The third-order valence-electron chi connectivity index (χ3n) is 4.13. The molecule has 1 aromatic carbocycles. The molecule has 0 aromatic heterocycles. The van der Waals surface area contributed by atoms with Crippen molar-refractivity contribution < 1.29 is 14.6 Å². The predicted octanol–water partition coefficient (Wildman–Crippen LogP) is 3.13. The van der Waals surface area contributed by atoms with Gasteiger partial charge in [0.2, 0.25) is 0 Å². The van der Waals surface area contributed by atoms with Crippen molar-refractivity contribution in [3.05, 3.63) is 29.8 Å². The third-order valence-corrected chi connectivity index (χ3v) is 4.13. The Bertz CT molecular complexity index is 428. The van der Waals surface area contributed by atoms with Gasteiger partial charge in [-0.15, -0.1) is 0 Å². The van der Waals surface area contributed by atoms with Gasteiger partial charge in [-0.05, 0) is 24.5 Å². The van der Waals surface area contributed by atoms with Crippen LogP contribution in [0.4, 0.5) is 0 Å². The Morgan fingerprint density at radius 2 is 2.17 bits per heavy atom. The predicted molar refractivity (Wildman–Crippen MR) is 69.8 cm³/mol. The highest BCUT2D eigenvalue weighted by atomic mass is 16.5. The minimum atomic E-state index is -0.739. The van der Waals surface area contributed by atoms with Crippen molar-refractivity contribution in [3.63, 3.8) is 0 Å². The van der Waals surface area contributed by atoms with Gasteiger partial charge in [0.15, 0.2) is 0 Å². The molecular formula is C15H20O3. The normalized spacial score (nSPS) is 21.2. The van der Waals surface area contributed by atoms with E-state index in [-0.39, 0.29) is 12.0 Å². The fraction of sp³-hybridized carbons (Fsp3) is 0.533. The largest absolute Gasteiger partial charge is 0.490 e. The summed E-state index contributed by atoms with van der Waals surface area (Å²) in [6.45, 7) is 5.72. The number of carboxylic acid groups (broad SMARTS) is 1. The Hall–Kier alpha value is -1.51. The van der Waals surface area contributed by atoms with Crippen molar-refractivity contribution in [1.82, 2.24) is 0 Å². The second kappa shape index (κ2) is 4.63. The first-order valence-corrected chi connectivity index (χ1v) is 6.41. The number of carbonyl (C=O) groups is 1. The fourth-order valence-electron chi connectivity index (χ4n) is 2.41. The molecule has 3 nitrogen and oxygen atoms in total. The molecular weight excluding hydrogens is 228 g/mol. The van der Waals surface area contributed by atoms with Crippen LogP contribution < -0.4 is 4.74 Å². The minimum absolute atomic E-state index is 0.0223. The van der Waals surface area contributed by atoms with Gasteiger partial charge in [0, 0.05) is 12.8 Å². The topological polar surface area (TPSA) is 46.5 Å². The molecule has 0 spiro atoms. The van der Waals surface area contributed by atoms with Crippen molar-refractivity contribution in [1.29, 1.82) is 0 Å². The average Bonchev–Trinajstić information content (AvgIpc) is 2.70. The highest BCUT2D eigenvalue weighted by Gasteiger charge is 2.40. The summed E-state index contributed by atoms with van der Waals surface area (Å²) in [4.78, 5) is 11.5. The summed E-state index contributed by atoms with van der Waals surface area (Å²) < 4.78 is 5.84. The molecule has 0 bridgehead atoms. The number of ether oxygens (including phenoxy) is 1. The van der Waals surface area contributed by atoms with Crippen LogP contribution >= 0.6 is 0 Å². The SMILES string of the molecule is CC(C)C(C)(CC1Cc2ccccc2O1)C(=O)O. The van der Waals surface area contributed by atoms with E-state index in [9.17, 15) is 9.90 Å². The molecule has 0 aliphatic carbocycles. The molecule has 2 rings (SSSR count). The van der Waals surface area contributed by atoms with E-state index in [1.807, 2.05) is 45.0 Å². The number of hydrogen-bond donors (Lipinski definition) is 1. The van der Waals surface area contributed by atoms with Crippen molar-refractivity contribution in [3.8, 4) is 5.75 Å². The molecule has 0 fully saturated rings. The van der Waals surface area contributed by atoms with E-state index in [0.717, 1.165) is 12.2 Å². The number of hydrogen-bond acceptors (Lipinski definition) is 2. The Morgan fingerprint density at radius 1 is 1.50 bits per heavy atom. The summed E-state index contributed by atoms with van der Waals surface area (Å²) in [5, 5.41) is 9.42. The van der Waals surface area contributed by atoms with Gasteiger partial charge in [0.25, 0.3) is 0 Å². The first-order valence-electron chi connectivity index (χ1n) is 6.41. The number of carboxylic acids is 1.